The number of aromatic hydroxyl groups is 1. The summed E-state index contributed by atoms with van der Waals surface area (Å²) in [7, 11) is -9.27. The maximum Gasteiger partial charge on any atom is 0.294 e. The Bertz CT molecular complexity index is 1590. The van der Waals surface area contributed by atoms with Gasteiger partial charge in [-0.2, -0.15) is 8.42 Å². The van der Waals surface area contributed by atoms with Crippen LogP contribution in [0.3, 0.4) is 0 Å². The van der Waals surface area contributed by atoms with Gasteiger partial charge in [-0.05, 0) is 30.2 Å². The van der Waals surface area contributed by atoms with Crippen molar-refractivity contribution in [1.29, 1.82) is 0 Å². The van der Waals surface area contributed by atoms with E-state index in [1.165, 1.54) is 30.3 Å². The number of hydrogen-bond acceptors (Lipinski definition) is 9. The maximum atomic E-state index is 11.6. The van der Waals surface area contributed by atoms with Crippen molar-refractivity contribution in [3.8, 4) is 5.75 Å². The first-order valence-electron chi connectivity index (χ1n) is 9.80. The molecule has 0 spiro atoms. The van der Waals surface area contributed by atoms with E-state index in [0.717, 1.165) is 6.07 Å². The highest BCUT2D eigenvalue weighted by molar-refractivity contribution is 7.86. The second-order valence-corrected chi connectivity index (χ2v) is 10.4. The third-order valence-corrected chi connectivity index (χ3v) is 7.17. The molecule has 0 saturated heterocycles. The summed E-state index contributed by atoms with van der Waals surface area (Å²) in [5.74, 6) is -1.36. The third-order valence-electron chi connectivity index (χ3n) is 5.44. The number of fused-ring (bicyclic) bond motifs is 1. The fourth-order valence-corrected chi connectivity index (χ4v) is 5.09. The molecule has 0 radical (unpaired) electrons. The molecule has 1 aliphatic carbocycles. The summed E-state index contributed by atoms with van der Waals surface area (Å²) in [5.41, 5.74) is 6.87. The highest BCUT2D eigenvalue weighted by Gasteiger charge is 2.27. The Kier molecular flexibility index (Phi) is 5.77. The Morgan fingerprint density at radius 2 is 1.59 bits per heavy atom. The lowest BCUT2D eigenvalue weighted by Gasteiger charge is -2.19. The minimum atomic E-state index is -4.85. The highest BCUT2D eigenvalue weighted by Crippen LogP contribution is 2.39. The van der Waals surface area contributed by atoms with E-state index in [1.54, 1.807) is 31.2 Å². The molecule has 1 aliphatic rings. The van der Waals surface area contributed by atoms with Gasteiger partial charge in [-0.25, -0.2) is 8.42 Å². The molecule has 0 aliphatic heterocycles. The number of rotatable bonds is 6. The van der Waals surface area contributed by atoms with Crippen molar-refractivity contribution in [3.05, 3.63) is 83.3 Å². The number of aliphatic hydroxyl groups excluding tert-OH is 1. The zero-order valence-corrected chi connectivity index (χ0v) is 19.2. The third kappa shape index (κ3) is 4.31. The van der Waals surface area contributed by atoms with Crippen LogP contribution in [0.2, 0.25) is 0 Å². The molecule has 12 heteroatoms. The number of aliphatic hydroxyl groups is 1. The lowest BCUT2D eigenvalue weighted by atomic mass is 9.99. The first-order valence-corrected chi connectivity index (χ1v) is 12.6. The summed E-state index contributed by atoms with van der Waals surface area (Å²) in [4.78, 5) is -0.878. The van der Waals surface area contributed by atoms with Crippen LogP contribution in [0.1, 0.15) is 18.4 Å². The summed E-state index contributed by atoms with van der Waals surface area (Å²) in [6.45, 7) is 1.69. The van der Waals surface area contributed by atoms with Gasteiger partial charge in [0.15, 0.2) is 0 Å². The Morgan fingerprint density at radius 1 is 0.912 bits per heavy atom. The summed E-state index contributed by atoms with van der Waals surface area (Å²) in [5, 5.41) is 21.6. The van der Waals surface area contributed by atoms with Gasteiger partial charge in [0.2, 0.25) is 0 Å². The number of benzene rings is 3. The van der Waals surface area contributed by atoms with Gasteiger partial charge in [0.05, 0.1) is 21.4 Å². The topological polar surface area (TPSA) is 176 Å². The summed E-state index contributed by atoms with van der Waals surface area (Å²) in [6, 6.07) is 12.5. The van der Waals surface area contributed by atoms with E-state index in [0.29, 0.717) is 11.1 Å². The monoisotopic (exact) mass is 503 g/mol. The average Bonchev–Trinajstić information content (AvgIpc) is 3.05. The van der Waals surface area contributed by atoms with Crippen LogP contribution in [-0.4, -0.2) is 36.2 Å². The molecule has 4 rings (SSSR count). The van der Waals surface area contributed by atoms with Crippen LogP contribution >= 0.6 is 0 Å². The molecule has 3 aromatic rings. The second-order valence-electron chi connectivity index (χ2n) is 7.65. The van der Waals surface area contributed by atoms with E-state index in [2.05, 4.69) is 10.9 Å². The van der Waals surface area contributed by atoms with E-state index in [-0.39, 0.29) is 32.8 Å². The molecule has 0 amide bonds. The Hall–Kier alpha value is -3.58. The predicted octanol–water partition coefficient (Wildman–Crippen LogP) is 3.13. The maximum absolute atomic E-state index is 11.6. The van der Waals surface area contributed by atoms with Gasteiger partial charge in [-0.15, -0.1) is 0 Å². The number of phenols is 1. The molecule has 1 atom stereocenters. The molecule has 5 N–H and O–H groups in total. The number of nitrogens with one attached hydrogen (secondary N) is 2. The molecule has 34 heavy (non-hydrogen) atoms. The number of allylic oxidation sites excluding steroid dienone is 2. The SMILES string of the molecule is CC1=CC(c2cccc(S(=O)(=O)O)c2)C(O)=C1NNc1c(O)cc(S(=O)(=O)[O-])c2ccccc12. The van der Waals surface area contributed by atoms with Gasteiger partial charge in [-0.3, -0.25) is 15.4 Å². The molecule has 1 unspecified atom stereocenters. The molecule has 10 nitrogen and oxygen atoms in total. The zero-order chi connectivity index (χ0) is 24.8. The highest BCUT2D eigenvalue weighted by atomic mass is 32.2. The quantitative estimate of drug-likeness (QED) is 0.191. The van der Waals surface area contributed by atoms with Crippen LogP contribution in [-0.2, 0) is 20.2 Å². The summed E-state index contributed by atoms with van der Waals surface area (Å²) in [6.07, 6.45) is 1.67. The normalized spacial score (nSPS) is 16.6. The van der Waals surface area contributed by atoms with Crippen LogP contribution in [0.5, 0.6) is 5.75 Å². The van der Waals surface area contributed by atoms with Gasteiger partial charge in [-0.1, -0.05) is 42.5 Å². The van der Waals surface area contributed by atoms with Crippen molar-refractivity contribution in [2.24, 2.45) is 0 Å². The number of phenolic OH excluding ortho intramolecular Hbond substituents is 1. The molecule has 0 bridgehead atoms. The first kappa shape index (κ1) is 23.6. The van der Waals surface area contributed by atoms with Crippen molar-refractivity contribution in [2.45, 2.75) is 22.6 Å². The fourth-order valence-electron chi connectivity index (χ4n) is 3.85. The minimum absolute atomic E-state index is 0.0768. The lowest BCUT2D eigenvalue weighted by molar-refractivity contribution is 0.380. The molecule has 0 aromatic heterocycles. The number of hydrazine groups is 1. The molecule has 3 aromatic carbocycles. The first-order chi connectivity index (χ1) is 15.9. The Morgan fingerprint density at radius 3 is 2.24 bits per heavy atom. The van der Waals surface area contributed by atoms with E-state index in [4.69, 9.17) is 0 Å². The summed E-state index contributed by atoms with van der Waals surface area (Å²) >= 11 is 0. The van der Waals surface area contributed by atoms with E-state index in [1.807, 2.05) is 0 Å². The van der Waals surface area contributed by atoms with Crippen molar-refractivity contribution < 1.29 is 36.2 Å². The van der Waals surface area contributed by atoms with Crippen molar-refractivity contribution >= 4 is 36.7 Å². The van der Waals surface area contributed by atoms with Crippen molar-refractivity contribution in [2.75, 3.05) is 5.43 Å². The van der Waals surface area contributed by atoms with Gasteiger partial charge < -0.3 is 14.8 Å². The van der Waals surface area contributed by atoms with Crippen LogP contribution in [0.25, 0.3) is 10.8 Å². The lowest BCUT2D eigenvalue weighted by Crippen LogP contribution is -2.23. The van der Waals surface area contributed by atoms with E-state index in [9.17, 15) is 36.2 Å². The largest absolute Gasteiger partial charge is 0.744 e. The number of hydrogen-bond donors (Lipinski definition) is 5. The minimum Gasteiger partial charge on any atom is -0.744 e. The van der Waals surface area contributed by atoms with Crippen LogP contribution in [0.4, 0.5) is 5.69 Å². The fraction of sp³-hybridized carbons (Fsp3) is 0.0909. The van der Waals surface area contributed by atoms with Gasteiger partial charge in [0.1, 0.15) is 27.3 Å². The molecule has 178 valence electrons. The Balaban J connectivity index is 1.69. The zero-order valence-electron chi connectivity index (χ0n) is 17.6. The standard InChI is InChI=1S/C22H20N2O8S2/c1-12-9-17(13-5-4-6-14(10-13)33(27,28)29)22(26)20(12)23-24-21-16-8-3-2-7-15(16)19(11-18(21)25)34(30,31)32/h2-11,17,23-26H,1H3,(H,27,28,29)(H,30,31,32)/p-1. The van der Waals surface area contributed by atoms with Crippen molar-refractivity contribution in [1.82, 2.24) is 5.43 Å². The van der Waals surface area contributed by atoms with E-state index < -0.39 is 36.8 Å². The van der Waals surface area contributed by atoms with Gasteiger partial charge >= 0.3 is 0 Å². The second kappa shape index (κ2) is 8.33. The Labute approximate surface area is 195 Å². The van der Waals surface area contributed by atoms with Gasteiger partial charge in [0, 0.05) is 16.8 Å². The van der Waals surface area contributed by atoms with Crippen molar-refractivity contribution in [3.63, 3.8) is 0 Å². The van der Waals surface area contributed by atoms with Crippen LogP contribution < -0.4 is 10.9 Å². The molecule has 0 heterocycles. The molecular formula is C22H19N2O8S2-. The van der Waals surface area contributed by atoms with Crippen LogP contribution in [0, 0.1) is 0 Å². The van der Waals surface area contributed by atoms with Gasteiger partial charge in [0.25, 0.3) is 10.1 Å². The number of anilines is 1. The smallest absolute Gasteiger partial charge is 0.294 e. The van der Waals surface area contributed by atoms with Crippen LogP contribution in [0.15, 0.2) is 87.5 Å². The molecule has 0 fully saturated rings. The molecule has 0 saturated carbocycles. The molecular weight excluding hydrogens is 484 g/mol. The average molecular weight is 504 g/mol. The summed E-state index contributed by atoms with van der Waals surface area (Å²) < 4.78 is 67.1. The predicted molar refractivity (Wildman–Crippen MR) is 123 cm³/mol. The van der Waals surface area contributed by atoms with E-state index >= 15 is 0 Å².